The molecule has 1 aromatic heterocycles. The molecule has 13 heavy (non-hydrogen) atoms. The highest BCUT2D eigenvalue weighted by atomic mass is 16.5. The lowest BCUT2D eigenvalue weighted by atomic mass is 10.3. The van der Waals surface area contributed by atoms with Crippen molar-refractivity contribution < 1.29 is 4.74 Å². The van der Waals surface area contributed by atoms with Crippen LogP contribution in [0.25, 0.3) is 0 Å². The van der Waals surface area contributed by atoms with Gasteiger partial charge in [0.15, 0.2) is 0 Å². The van der Waals surface area contributed by atoms with Gasteiger partial charge in [0, 0.05) is 26.4 Å². The van der Waals surface area contributed by atoms with E-state index < -0.39 is 0 Å². The highest BCUT2D eigenvalue weighted by molar-refractivity contribution is 5.68. The highest BCUT2D eigenvalue weighted by Gasteiger charge is 2.13. The summed E-state index contributed by atoms with van der Waals surface area (Å²) in [4.78, 5) is 4.05. The quantitative estimate of drug-likeness (QED) is 0.673. The second-order valence-corrected chi connectivity index (χ2v) is 3.04. The molecule has 4 heteroatoms. The molecule has 0 radical (unpaired) electrons. The van der Waals surface area contributed by atoms with Gasteiger partial charge in [0.05, 0.1) is 23.7 Å². The minimum atomic E-state index is 0.215. The molecule has 0 saturated heterocycles. The molecule has 2 N–H and O–H groups in total. The Morgan fingerprint density at radius 2 is 2.15 bits per heavy atom. The van der Waals surface area contributed by atoms with Crippen molar-refractivity contribution in [1.29, 1.82) is 0 Å². The zero-order valence-corrected chi connectivity index (χ0v) is 7.58. The van der Waals surface area contributed by atoms with E-state index in [1.54, 1.807) is 13.3 Å². The molecule has 0 saturated carbocycles. The number of rotatable bonds is 1. The van der Waals surface area contributed by atoms with Gasteiger partial charge in [-0.25, -0.2) is 0 Å². The average Bonchev–Trinajstić information content (AvgIpc) is 2.39. The third-order valence-corrected chi connectivity index (χ3v) is 2.19. The molecule has 2 rings (SSSR count). The van der Waals surface area contributed by atoms with Crippen LogP contribution >= 0.6 is 0 Å². The Morgan fingerprint density at radius 3 is 2.92 bits per heavy atom. The van der Waals surface area contributed by atoms with E-state index in [9.17, 15) is 0 Å². The molecule has 1 aliphatic heterocycles. The van der Waals surface area contributed by atoms with Crippen molar-refractivity contribution >= 4 is 11.4 Å². The van der Waals surface area contributed by atoms with Gasteiger partial charge in [-0.05, 0) is 6.07 Å². The Morgan fingerprint density at radius 1 is 1.38 bits per heavy atom. The van der Waals surface area contributed by atoms with Crippen molar-refractivity contribution in [3.63, 3.8) is 0 Å². The molecule has 0 fully saturated rings. The number of hydrogen-bond acceptors (Lipinski definition) is 4. The molecule has 0 amide bonds. The maximum absolute atomic E-state index is 5.26. The van der Waals surface area contributed by atoms with Crippen LogP contribution in [0.1, 0.15) is 0 Å². The lowest BCUT2D eigenvalue weighted by molar-refractivity contribution is 0.124. The van der Waals surface area contributed by atoms with Crippen LogP contribution in [0.5, 0.6) is 0 Å². The molecule has 1 unspecified atom stereocenters. The Labute approximate surface area is 77.3 Å². The van der Waals surface area contributed by atoms with Gasteiger partial charge in [0.2, 0.25) is 0 Å². The van der Waals surface area contributed by atoms with E-state index in [0.29, 0.717) is 0 Å². The number of hydrogen-bond donors (Lipinski definition) is 2. The first-order valence-corrected chi connectivity index (χ1v) is 4.34. The number of fused-ring (bicyclic) bond motifs is 1. The lowest BCUT2D eigenvalue weighted by Gasteiger charge is -2.11. The average molecular weight is 179 g/mol. The van der Waals surface area contributed by atoms with Gasteiger partial charge < -0.3 is 15.4 Å². The first-order valence-electron chi connectivity index (χ1n) is 4.34. The van der Waals surface area contributed by atoms with Gasteiger partial charge in [0.25, 0.3) is 0 Å². The standard InChI is InChI=1S/C9H13N3O/c1-13-7-4-11-8-2-3-10-6-9(8)12-5-7/h2-3,6-7,11-12H,4-5H2,1H3. The Kier molecular flexibility index (Phi) is 2.31. The number of pyridine rings is 1. The summed E-state index contributed by atoms with van der Waals surface area (Å²) in [7, 11) is 1.72. The van der Waals surface area contributed by atoms with Crippen LogP contribution in [-0.4, -0.2) is 31.3 Å². The van der Waals surface area contributed by atoms with Gasteiger partial charge in [0.1, 0.15) is 0 Å². The van der Waals surface area contributed by atoms with Gasteiger partial charge in [-0.3, -0.25) is 4.98 Å². The summed E-state index contributed by atoms with van der Waals surface area (Å²) in [6.45, 7) is 1.66. The van der Waals surface area contributed by atoms with Crippen LogP contribution in [0, 0.1) is 0 Å². The van der Waals surface area contributed by atoms with E-state index in [1.807, 2.05) is 12.3 Å². The van der Waals surface area contributed by atoms with E-state index >= 15 is 0 Å². The molecular formula is C9H13N3O. The third kappa shape index (κ3) is 1.72. The minimum Gasteiger partial charge on any atom is -0.381 e. The van der Waals surface area contributed by atoms with Crippen LogP contribution in [-0.2, 0) is 4.74 Å². The summed E-state index contributed by atoms with van der Waals surface area (Å²) >= 11 is 0. The molecule has 2 heterocycles. The number of ether oxygens (including phenoxy) is 1. The normalized spacial score (nSPS) is 20.8. The fourth-order valence-corrected chi connectivity index (χ4v) is 1.38. The molecule has 1 atom stereocenters. The van der Waals surface area contributed by atoms with Gasteiger partial charge in [-0.15, -0.1) is 0 Å². The van der Waals surface area contributed by atoms with Crippen LogP contribution in [0.15, 0.2) is 18.5 Å². The van der Waals surface area contributed by atoms with Gasteiger partial charge >= 0.3 is 0 Å². The topological polar surface area (TPSA) is 46.2 Å². The van der Waals surface area contributed by atoms with E-state index in [4.69, 9.17) is 4.74 Å². The number of nitrogens with zero attached hydrogens (tertiary/aromatic N) is 1. The summed E-state index contributed by atoms with van der Waals surface area (Å²) in [6, 6.07) is 1.96. The van der Waals surface area contributed by atoms with Crippen LogP contribution in [0.2, 0.25) is 0 Å². The van der Waals surface area contributed by atoms with Crippen molar-refractivity contribution in [2.75, 3.05) is 30.8 Å². The second kappa shape index (κ2) is 3.62. The van der Waals surface area contributed by atoms with Crippen LogP contribution in [0.3, 0.4) is 0 Å². The second-order valence-electron chi connectivity index (χ2n) is 3.04. The summed E-state index contributed by atoms with van der Waals surface area (Å²) < 4.78 is 5.26. The first-order chi connectivity index (χ1) is 6.40. The maximum Gasteiger partial charge on any atom is 0.0915 e. The molecule has 1 aliphatic rings. The molecule has 0 aliphatic carbocycles. The van der Waals surface area contributed by atoms with Crippen molar-refractivity contribution in [3.05, 3.63) is 18.5 Å². The molecule has 70 valence electrons. The summed E-state index contributed by atoms with van der Waals surface area (Å²) in [5, 5.41) is 6.57. The SMILES string of the molecule is COC1CNc2ccncc2NC1. The maximum atomic E-state index is 5.26. The Balaban J connectivity index is 2.17. The van der Waals surface area contributed by atoms with E-state index in [2.05, 4.69) is 15.6 Å². The fraction of sp³-hybridized carbons (Fsp3) is 0.444. The third-order valence-electron chi connectivity index (χ3n) is 2.19. The molecule has 0 aromatic carbocycles. The van der Waals surface area contributed by atoms with Crippen molar-refractivity contribution in [3.8, 4) is 0 Å². The highest BCUT2D eigenvalue weighted by Crippen LogP contribution is 2.21. The number of aromatic nitrogens is 1. The number of methoxy groups -OCH3 is 1. The van der Waals surface area contributed by atoms with E-state index in [0.717, 1.165) is 24.5 Å². The molecule has 0 spiro atoms. The smallest absolute Gasteiger partial charge is 0.0915 e. The van der Waals surface area contributed by atoms with Gasteiger partial charge in [-0.2, -0.15) is 0 Å². The van der Waals surface area contributed by atoms with Crippen molar-refractivity contribution in [1.82, 2.24) is 4.98 Å². The van der Waals surface area contributed by atoms with Crippen molar-refractivity contribution in [2.45, 2.75) is 6.10 Å². The largest absolute Gasteiger partial charge is 0.381 e. The van der Waals surface area contributed by atoms with Crippen LogP contribution < -0.4 is 10.6 Å². The van der Waals surface area contributed by atoms with Crippen molar-refractivity contribution in [2.24, 2.45) is 0 Å². The number of nitrogens with one attached hydrogen (secondary N) is 2. The summed E-state index contributed by atoms with van der Waals surface area (Å²) in [6.07, 6.45) is 3.81. The lowest BCUT2D eigenvalue weighted by Crippen LogP contribution is -2.26. The minimum absolute atomic E-state index is 0.215. The fourth-order valence-electron chi connectivity index (χ4n) is 1.38. The first kappa shape index (κ1) is 8.31. The molecule has 1 aromatic rings. The molecule has 0 bridgehead atoms. The monoisotopic (exact) mass is 179 g/mol. The van der Waals surface area contributed by atoms with E-state index in [-0.39, 0.29) is 6.10 Å². The van der Waals surface area contributed by atoms with Gasteiger partial charge in [-0.1, -0.05) is 0 Å². The Bertz CT molecular complexity index is 263. The summed E-state index contributed by atoms with van der Waals surface area (Å²) in [5.74, 6) is 0. The molecular weight excluding hydrogens is 166 g/mol. The molecule has 4 nitrogen and oxygen atoms in total. The zero-order valence-electron chi connectivity index (χ0n) is 7.58. The Hall–Kier alpha value is -1.29. The summed E-state index contributed by atoms with van der Waals surface area (Å²) in [5.41, 5.74) is 2.14. The van der Waals surface area contributed by atoms with E-state index in [1.165, 1.54) is 0 Å². The zero-order chi connectivity index (χ0) is 9.10. The number of anilines is 2. The predicted octanol–water partition coefficient (Wildman–Crippen LogP) is 0.934. The predicted molar refractivity (Wildman–Crippen MR) is 52.0 cm³/mol. The van der Waals surface area contributed by atoms with Crippen LogP contribution in [0.4, 0.5) is 11.4 Å².